The Morgan fingerprint density at radius 1 is 1.05 bits per heavy atom. The first-order valence-electron chi connectivity index (χ1n) is 12.4. The van der Waals surface area contributed by atoms with Crippen LogP contribution in [0.25, 0.3) is 0 Å². The molecule has 9 nitrogen and oxygen atoms in total. The first kappa shape index (κ1) is 26.2. The van der Waals surface area contributed by atoms with Crippen molar-refractivity contribution >= 4 is 28.7 Å². The van der Waals surface area contributed by atoms with Crippen LogP contribution in [-0.2, 0) is 13.2 Å². The second-order valence-corrected chi connectivity index (χ2v) is 10.7. The van der Waals surface area contributed by atoms with E-state index in [4.69, 9.17) is 4.42 Å². The minimum absolute atomic E-state index is 0.0139. The van der Waals surface area contributed by atoms with Crippen molar-refractivity contribution in [2.45, 2.75) is 46.9 Å². The van der Waals surface area contributed by atoms with Crippen LogP contribution in [0.3, 0.4) is 0 Å². The summed E-state index contributed by atoms with van der Waals surface area (Å²) in [7, 11) is 0. The van der Waals surface area contributed by atoms with Gasteiger partial charge in [0.25, 0.3) is 16.8 Å². The average molecular weight is 534 g/mol. The summed E-state index contributed by atoms with van der Waals surface area (Å²) in [5.41, 5.74) is -0.951. The largest absolute Gasteiger partial charge is 0.508 e. The number of carbonyl (C=O) groups excluding carboxylic acids is 1. The molecular formula is C29H28FN3O6. The summed E-state index contributed by atoms with van der Waals surface area (Å²) in [6.45, 7) is 7.14. The van der Waals surface area contributed by atoms with Gasteiger partial charge in [-0.3, -0.25) is 14.4 Å². The average Bonchev–Trinajstić information content (AvgIpc) is 3.47. The number of halogens is 1. The van der Waals surface area contributed by atoms with E-state index in [1.54, 1.807) is 6.07 Å². The molecule has 39 heavy (non-hydrogen) atoms. The Bertz CT molecular complexity index is 1680. The van der Waals surface area contributed by atoms with Crippen molar-refractivity contribution in [3.63, 3.8) is 0 Å². The first-order chi connectivity index (χ1) is 18.4. The van der Waals surface area contributed by atoms with Crippen molar-refractivity contribution in [3.05, 3.63) is 96.9 Å². The number of rotatable bonds is 7. The summed E-state index contributed by atoms with van der Waals surface area (Å²) in [5.74, 6) is 0.0477. The molecule has 4 aromatic rings. The molecule has 1 atom stereocenters. The molecule has 0 radical (unpaired) electrons. The zero-order valence-electron chi connectivity index (χ0n) is 21.9. The van der Waals surface area contributed by atoms with E-state index < -0.39 is 40.6 Å². The summed E-state index contributed by atoms with van der Waals surface area (Å²) in [4.78, 5) is 40.1. The zero-order chi connectivity index (χ0) is 28.2. The fourth-order valence-electron chi connectivity index (χ4n) is 4.90. The van der Waals surface area contributed by atoms with Gasteiger partial charge in [0.05, 0.1) is 36.1 Å². The maximum absolute atomic E-state index is 14.9. The topological polar surface area (TPSA) is 132 Å². The van der Waals surface area contributed by atoms with E-state index in [2.05, 4.69) is 10.6 Å². The third kappa shape index (κ3) is 4.46. The Morgan fingerprint density at radius 2 is 1.77 bits per heavy atom. The molecule has 0 spiro atoms. The number of aliphatic hydroxyl groups is 1. The molecule has 1 aromatic heterocycles. The van der Waals surface area contributed by atoms with Gasteiger partial charge in [0.1, 0.15) is 34.5 Å². The van der Waals surface area contributed by atoms with Gasteiger partial charge < -0.3 is 30.2 Å². The molecule has 0 bridgehead atoms. The summed E-state index contributed by atoms with van der Waals surface area (Å²) in [6.07, 6.45) is 0. The molecule has 1 amide bonds. The van der Waals surface area contributed by atoms with Crippen LogP contribution in [0, 0.1) is 18.2 Å². The molecule has 0 aliphatic carbocycles. The molecule has 0 saturated carbocycles. The van der Waals surface area contributed by atoms with E-state index in [9.17, 15) is 29.0 Å². The number of amides is 1. The molecule has 202 valence electrons. The van der Waals surface area contributed by atoms with E-state index >= 15 is 0 Å². The highest BCUT2D eigenvalue weighted by Crippen LogP contribution is 2.40. The Kier molecular flexibility index (Phi) is 6.30. The summed E-state index contributed by atoms with van der Waals surface area (Å²) in [6, 6.07) is 9.87. The van der Waals surface area contributed by atoms with Gasteiger partial charge in [-0.25, -0.2) is 4.39 Å². The highest BCUT2D eigenvalue weighted by molar-refractivity contribution is 6.14. The number of aryl methyl sites for hydroxylation is 1. The molecule has 5 rings (SSSR count). The van der Waals surface area contributed by atoms with Crippen molar-refractivity contribution in [2.75, 3.05) is 15.5 Å². The quantitative estimate of drug-likeness (QED) is 0.253. The number of benzene rings is 2. The van der Waals surface area contributed by atoms with Crippen LogP contribution in [0.4, 0.5) is 27.1 Å². The van der Waals surface area contributed by atoms with Crippen LogP contribution in [0.1, 0.15) is 59.8 Å². The van der Waals surface area contributed by atoms with E-state index in [1.807, 2.05) is 33.8 Å². The third-order valence-corrected chi connectivity index (χ3v) is 6.93. The second kappa shape index (κ2) is 9.39. The molecule has 10 heteroatoms. The minimum Gasteiger partial charge on any atom is -0.508 e. The number of phenolic OH excluding ortho intramolecular Hbond substituents is 1. The molecule has 0 fully saturated rings. The Labute approximate surface area is 223 Å². The number of hydrogen-bond donors (Lipinski definition) is 4. The lowest BCUT2D eigenvalue weighted by atomic mass is 9.85. The summed E-state index contributed by atoms with van der Waals surface area (Å²) >= 11 is 0. The van der Waals surface area contributed by atoms with E-state index in [1.165, 1.54) is 35.2 Å². The predicted molar refractivity (Wildman–Crippen MR) is 145 cm³/mol. The van der Waals surface area contributed by atoms with Crippen molar-refractivity contribution in [2.24, 2.45) is 5.41 Å². The number of furan rings is 1. The van der Waals surface area contributed by atoms with Crippen LogP contribution >= 0.6 is 0 Å². The Balaban J connectivity index is 1.50. The number of carbonyl (C=O) groups is 1. The number of fused-ring (bicyclic) bond motifs is 1. The van der Waals surface area contributed by atoms with Gasteiger partial charge in [0.2, 0.25) is 0 Å². The first-order valence-corrected chi connectivity index (χ1v) is 12.4. The summed E-state index contributed by atoms with van der Waals surface area (Å²) in [5, 5.41) is 25.6. The van der Waals surface area contributed by atoms with Crippen LogP contribution in [0.5, 0.6) is 5.75 Å². The number of aliphatic hydroxyl groups excluding tert-OH is 1. The maximum atomic E-state index is 14.9. The number of nitrogens with zero attached hydrogens (tertiary/aromatic N) is 1. The molecule has 4 N–H and O–H groups in total. The van der Waals surface area contributed by atoms with Gasteiger partial charge in [-0.1, -0.05) is 20.8 Å². The van der Waals surface area contributed by atoms with Crippen LogP contribution in [-0.4, -0.2) is 16.1 Å². The fraction of sp³-hybridized carbons (Fsp3) is 0.276. The van der Waals surface area contributed by atoms with E-state index in [0.717, 1.165) is 0 Å². The van der Waals surface area contributed by atoms with E-state index in [0.29, 0.717) is 22.8 Å². The normalized spacial score (nSPS) is 14.1. The van der Waals surface area contributed by atoms with Crippen molar-refractivity contribution < 1.29 is 23.8 Å². The second-order valence-electron chi connectivity index (χ2n) is 10.7. The lowest BCUT2D eigenvalue weighted by Crippen LogP contribution is -2.39. The number of hydrogen-bond acceptors (Lipinski definition) is 8. The fourth-order valence-corrected chi connectivity index (χ4v) is 4.90. The smallest absolute Gasteiger partial charge is 0.261 e. The Morgan fingerprint density at radius 3 is 2.41 bits per heavy atom. The Hall–Kier alpha value is -4.44. The number of aromatic hydroxyl groups is 1. The molecule has 0 unspecified atom stereocenters. The predicted octanol–water partition coefficient (Wildman–Crippen LogP) is 4.62. The third-order valence-electron chi connectivity index (χ3n) is 6.93. The molecule has 1 aliphatic rings. The van der Waals surface area contributed by atoms with Gasteiger partial charge in [0, 0.05) is 11.1 Å². The minimum atomic E-state index is -0.762. The summed E-state index contributed by atoms with van der Waals surface area (Å²) < 4.78 is 20.7. The van der Waals surface area contributed by atoms with E-state index in [-0.39, 0.29) is 40.5 Å². The van der Waals surface area contributed by atoms with Crippen LogP contribution in [0.15, 0.2) is 56.5 Å². The highest BCUT2D eigenvalue weighted by Gasteiger charge is 2.37. The van der Waals surface area contributed by atoms with Crippen LogP contribution in [0.2, 0.25) is 0 Å². The standard InChI is InChI=1S/C29H28FN3O6/c1-14-5-10-21(39-14)27(29(2,3)4)32-24-23(25(36)26(24)37)31-19-8-7-18(30)17-12-33(28(38)22(17)19)20-9-6-16(35)11-15(20)13-34/h5-11,27,31-32,34-35H,12-13H2,1-4H3/t27-/m0/s1. The monoisotopic (exact) mass is 533 g/mol. The number of anilines is 4. The molecular weight excluding hydrogens is 505 g/mol. The highest BCUT2D eigenvalue weighted by atomic mass is 19.1. The number of nitrogens with one attached hydrogen (secondary N) is 2. The SMILES string of the molecule is Cc1ccc([C@H](Nc2c(Nc3ccc(F)c4c3C(=O)N(c3ccc(O)cc3CO)C4)c(=O)c2=O)C(C)(C)C)o1. The van der Waals surface area contributed by atoms with Gasteiger partial charge in [-0.2, -0.15) is 0 Å². The molecule has 2 heterocycles. The van der Waals surface area contributed by atoms with Gasteiger partial charge in [0.15, 0.2) is 0 Å². The van der Waals surface area contributed by atoms with Gasteiger partial charge in [-0.05, 0) is 54.8 Å². The molecule has 1 aliphatic heterocycles. The zero-order valence-corrected chi connectivity index (χ0v) is 21.9. The van der Waals surface area contributed by atoms with Gasteiger partial charge in [-0.15, -0.1) is 0 Å². The van der Waals surface area contributed by atoms with Gasteiger partial charge >= 0.3 is 0 Å². The lowest BCUT2D eigenvalue weighted by Gasteiger charge is -2.31. The van der Waals surface area contributed by atoms with Crippen molar-refractivity contribution in [1.82, 2.24) is 0 Å². The van der Waals surface area contributed by atoms with Crippen molar-refractivity contribution in [1.29, 1.82) is 0 Å². The molecule has 0 saturated heterocycles. The lowest BCUT2D eigenvalue weighted by molar-refractivity contribution is 0.0997. The molecule has 3 aromatic carbocycles. The maximum Gasteiger partial charge on any atom is 0.261 e. The number of phenols is 1. The van der Waals surface area contributed by atoms with Crippen LogP contribution < -0.4 is 26.4 Å². The van der Waals surface area contributed by atoms with Crippen molar-refractivity contribution in [3.8, 4) is 5.75 Å².